The van der Waals surface area contributed by atoms with Crippen LogP contribution in [0.4, 0.5) is 0 Å². The van der Waals surface area contributed by atoms with E-state index in [2.05, 4.69) is 16.6 Å². The first-order valence-electron chi connectivity index (χ1n) is 7.84. The highest BCUT2D eigenvalue weighted by Crippen LogP contribution is 2.25. The summed E-state index contributed by atoms with van der Waals surface area (Å²) in [6, 6.07) is 9.62. The summed E-state index contributed by atoms with van der Waals surface area (Å²) in [4.78, 5) is 11.8. The Morgan fingerprint density at radius 2 is 2.09 bits per heavy atom. The number of benzene rings is 1. The molecule has 0 atom stereocenters. The molecule has 1 amide bonds. The maximum Gasteiger partial charge on any atom is 0.277 e. The zero-order valence-corrected chi connectivity index (χ0v) is 13.2. The molecule has 1 aliphatic rings. The Hall–Kier alpha value is -2.56. The van der Waals surface area contributed by atoms with Crippen molar-refractivity contribution in [3.63, 3.8) is 0 Å². The van der Waals surface area contributed by atoms with E-state index in [9.17, 15) is 4.79 Å². The van der Waals surface area contributed by atoms with Crippen LogP contribution in [-0.4, -0.2) is 18.2 Å². The molecule has 1 aromatic heterocycles. The van der Waals surface area contributed by atoms with Crippen LogP contribution in [-0.2, 0) is 17.6 Å². The van der Waals surface area contributed by atoms with Crippen LogP contribution in [0.3, 0.4) is 0 Å². The van der Waals surface area contributed by atoms with Gasteiger partial charge >= 0.3 is 0 Å². The van der Waals surface area contributed by atoms with Crippen molar-refractivity contribution in [2.75, 3.05) is 6.61 Å². The molecular weight excluding hydrogens is 292 g/mol. The summed E-state index contributed by atoms with van der Waals surface area (Å²) in [5.74, 6) is 1.06. The molecule has 0 aliphatic heterocycles. The molecule has 3 rings (SSSR count). The van der Waals surface area contributed by atoms with E-state index in [0.717, 1.165) is 18.6 Å². The molecule has 5 nitrogen and oxygen atoms in total. The fraction of sp³-hybridized carbons (Fsp3) is 0.333. The average Bonchev–Trinajstić information content (AvgIpc) is 3.12. The van der Waals surface area contributed by atoms with Crippen LogP contribution in [0.1, 0.15) is 36.7 Å². The number of hydrogen-bond acceptors (Lipinski definition) is 4. The Balaban J connectivity index is 1.52. The SMILES string of the molecule is C/C(=N\NC(=O)COc1ccc2c(c1)CCCC2)c1ccco1. The number of carbonyl (C=O) groups excluding carboxylic acids is 1. The van der Waals surface area contributed by atoms with E-state index < -0.39 is 0 Å². The van der Waals surface area contributed by atoms with Crippen LogP contribution in [0.5, 0.6) is 5.75 Å². The van der Waals surface area contributed by atoms with Gasteiger partial charge in [-0.3, -0.25) is 4.79 Å². The summed E-state index contributed by atoms with van der Waals surface area (Å²) >= 11 is 0. The van der Waals surface area contributed by atoms with Crippen molar-refractivity contribution in [3.05, 3.63) is 53.5 Å². The van der Waals surface area contributed by atoms with Gasteiger partial charge in [0.25, 0.3) is 5.91 Å². The van der Waals surface area contributed by atoms with Crippen molar-refractivity contribution < 1.29 is 13.9 Å². The molecule has 0 unspecified atom stereocenters. The topological polar surface area (TPSA) is 63.8 Å². The minimum Gasteiger partial charge on any atom is -0.484 e. The van der Waals surface area contributed by atoms with Gasteiger partial charge < -0.3 is 9.15 Å². The van der Waals surface area contributed by atoms with E-state index in [1.165, 1.54) is 24.0 Å². The summed E-state index contributed by atoms with van der Waals surface area (Å²) in [6.07, 6.45) is 6.26. The second kappa shape index (κ2) is 7.13. The van der Waals surface area contributed by atoms with E-state index in [0.29, 0.717) is 11.5 Å². The van der Waals surface area contributed by atoms with Gasteiger partial charge in [0.2, 0.25) is 0 Å². The molecule has 0 bridgehead atoms. The molecule has 1 N–H and O–H groups in total. The van der Waals surface area contributed by atoms with Crippen LogP contribution < -0.4 is 10.2 Å². The van der Waals surface area contributed by atoms with Gasteiger partial charge in [-0.2, -0.15) is 5.10 Å². The van der Waals surface area contributed by atoms with Crippen molar-refractivity contribution in [1.29, 1.82) is 0 Å². The molecule has 1 heterocycles. The summed E-state index contributed by atoms with van der Waals surface area (Å²) in [7, 11) is 0. The van der Waals surface area contributed by atoms with Crippen molar-refractivity contribution in [3.8, 4) is 5.75 Å². The molecule has 23 heavy (non-hydrogen) atoms. The van der Waals surface area contributed by atoms with Gasteiger partial charge in [0.1, 0.15) is 17.2 Å². The molecule has 0 radical (unpaired) electrons. The maximum absolute atomic E-state index is 11.8. The quantitative estimate of drug-likeness (QED) is 0.681. The Morgan fingerprint density at radius 3 is 2.87 bits per heavy atom. The molecule has 120 valence electrons. The smallest absolute Gasteiger partial charge is 0.277 e. The molecule has 0 saturated carbocycles. The minimum atomic E-state index is -0.298. The number of hydrazone groups is 1. The van der Waals surface area contributed by atoms with E-state index >= 15 is 0 Å². The monoisotopic (exact) mass is 312 g/mol. The Labute approximate surface area is 135 Å². The van der Waals surface area contributed by atoms with Gasteiger partial charge in [0, 0.05) is 0 Å². The van der Waals surface area contributed by atoms with Crippen LogP contribution in [0.25, 0.3) is 0 Å². The van der Waals surface area contributed by atoms with Gasteiger partial charge in [-0.15, -0.1) is 0 Å². The molecule has 0 spiro atoms. The first kappa shape index (κ1) is 15.3. The van der Waals surface area contributed by atoms with Crippen molar-refractivity contribution in [1.82, 2.24) is 5.43 Å². The average molecular weight is 312 g/mol. The predicted molar refractivity (Wildman–Crippen MR) is 87.6 cm³/mol. The fourth-order valence-electron chi connectivity index (χ4n) is 2.67. The lowest BCUT2D eigenvalue weighted by Crippen LogP contribution is -2.25. The Morgan fingerprint density at radius 1 is 1.26 bits per heavy atom. The number of nitrogens with zero attached hydrogens (tertiary/aromatic N) is 1. The summed E-state index contributed by atoms with van der Waals surface area (Å²) < 4.78 is 10.7. The first-order chi connectivity index (χ1) is 11.2. The summed E-state index contributed by atoms with van der Waals surface area (Å²) in [5.41, 5.74) is 5.80. The van der Waals surface area contributed by atoms with Crippen LogP contribution in [0.2, 0.25) is 0 Å². The van der Waals surface area contributed by atoms with E-state index in [1.54, 1.807) is 25.3 Å². The highest BCUT2D eigenvalue weighted by Gasteiger charge is 2.10. The number of aryl methyl sites for hydroxylation is 2. The second-order valence-electron chi connectivity index (χ2n) is 5.64. The third kappa shape index (κ3) is 4.00. The van der Waals surface area contributed by atoms with E-state index in [4.69, 9.17) is 9.15 Å². The molecule has 2 aromatic rings. The molecule has 5 heteroatoms. The van der Waals surface area contributed by atoms with Gasteiger partial charge in [-0.25, -0.2) is 5.43 Å². The lowest BCUT2D eigenvalue weighted by atomic mass is 9.92. The van der Waals surface area contributed by atoms with Gasteiger partial charge in [0.15, 0.2) is 6.61 Å². The van der Waals surface area contributed by atoms with Crippen LogP contribution in [0, 0.1) is 0 Å². The van der Waals surface area contributed by atoms with Crippen LogP contribution in [0.15, 0.2) is 46.1 Å². The van der Waals surface area contributed by atoms with Gasteiger partial charge in [-0.05, 0) is 68.0 Å². The summed E-state index contributed by atoms with van der Waals surface area (Å²) in [6.45, 7) is 1.71. The van der Waals surface area contributed by atoms with Crippen molar-refractivity contribution in [2.24, 2.45) is 5.10 Å². The highest BCUT2D eigenvalue weighted by atomic mass is 16.5. The number of nitrogens with one attached hydrogen (secondary N) is 1. The molecule has 1 aromatic carbocycles. The van der Waals surface area contributed by atoms with Crippen molar-refractivity contribution in [2.45, 2.75) is 32.6 Å². The Bertz CT molecular complexity index is 705. The highest BCUT2D eigenvalue weighted by molar-refractivity contribution is 5.96. The number of ether oxygens (including phenoxy) is 1. The largest absolute Gasteiger partial charge is 0.484 e. The summed E-state index contributed by atoms with van der Waals surface area (Å²) in [5, 5.41) is 3.99. The van der Waals surface area contributed by atoms with Gasteiger partial charge in [-0.1, -0.05) is 6.07 Å². The third-order valence-corrected chi connectivity index (χ3v) is 3.92. The number of furan rings is 1. The number of fused-ring (bicyclic) bond motifs is 1. The molecule has 1 aliphatic carbocycles. The lowest BCUT2D eigenvalue weighted by Gasteiger charge is -2.16. The number of hydrogen-bond donors (Lipinski definition) is 1. The van der Waals surface area contributed by atoms with Crippen LogP contribution >= 0.6 is 0 Å². The zero-order valence-electron chi connectivity index (χ0n) is 13.2. The first-order valence-corrected chi connectivity index (χ1v) is 7.84. The third-order valence-electron chi connectivity index (χ3n) is 3.92. The Kier molecular flexibility index (Phi) is 4.76. The van der Waals surface area contributed by atoms with Crippen molar-refractivity contribution >= 4 is 11.6 Å². The van der Waals surface area contributed by atoms with E-state index in [1.807, 2.05) is 12.1 Å². The second-order valence-corrected chi connectivity index (χ2v) is 5.64. The number of amides is 1. The minimum absolute atomic E-state index is 0.0618. The lowest BCUT2D eigenvalue weighted by molar-refractivity contribution is -0.123. The number of rotatable bonds is 5. The normalized spacial score (nSPS) is 14.2. The zero-order chi connectivity index (χ0) is 16.1. The predicted octanol–water partition coefficient (Wildman–Crippen LogP) is 3.08. The maximum atomic E-state index is 11.8. The molecule has 0 fully saturated rings. The number of carbonyl (C=O) groups is 1. The fourth-order valence-corrected chi connectivity index (χ4v) is 2.67. The molecule has 0 saturated heterocycles. The van der Waals surface area contributed by atoms with Gasteiger partial charge in [0.05, 0.1) is 6.26 Å². The standard InChI is InChI=1S/C18H20N2O3/c1-13(17-7-4-10-22-17)19-20-18(21)12-23-16-9-8-14-5-2-3-6-15(14)11-16/h4,7-11H,2-3,5-6,12H2,1H3,(H,20,21)/b19-13+. The van der Waals surface area contributed by atoms with E-state index in [-0.39, 0.29) is 12.5 Å². The molecular formula is C18H20N2O3.